The van der Waals surface area contributed by atoms with Crippen LogP contribution >= 0.6 is 0 Å². The molecule has 0 aliphatic carbocycles. The Kier molecular flexibility index (Phi) is 5.40. The van der Waals surface area contributed by atoms with E-state index in [1.54, 1.807) is 11.8 Å². The molecule has 1 spiro atoms. The molecule has 9 nitrogen and oxygen atoms in total. The average Bonchev–Trinajstić information content (AvgIpc) is 3.61. The Morgan fingerprint density at radius 2 is 1.94 bits per heavy atom. The van der Waals surface area contributed by atoms with Gasteiger partial charge in [0.1, 0.15) is 5.54 Å². The molecule has 1 N–H and O–H groups in total. The normalized spacial score (nSPS) is 29.1. The second-order valence-corrected chi connectivity index (χ2v) is 10.1. The summed E-state index contributed by atoms with van der Waals surface area (Å²) in [6.07, 6.45) is 5.33. The largest absolute Gasteiger partial charge is 0.438 e. The standard InChI is InChI=1S/C26H31N5O4/c1-17-22(35-16-28-17)24(33)29-11-5-10-27-23(32)20-15-18-7-4-14-31(18)26(20)19-8-2-3-9-21(19)30(25(26)34)13-6-12-29/h2-3,8-9,16,18,20H,4-7,10-15H2,1H3,(H,27,32)/t18-,20+,26+/m0/s1. The molecular formula is C26H31N5O4. The molecule has 1 aromatic heterocycles. The molecule has 3 fully saturated rings. The lowest BCUT2D eigenvalue weighted by molar-refractivity contribution is -0.138. The number of amides is 3. The highest BCUT2D eigenvalue weighted by Gasteiger charge is 2.66. The summed E-state index contributed by atoms with van der Waals surface area (Å²) in [5, 5.41) is 3.11. The molecule has 2 aromatic rings. The van der Waals surface area contributed by atoms with E-state index < -0.39 is 11.5 Å². The van der Waals surface area contributed by atoms with Crippen LogP contribution in [0.3, 0.4) is 0 Å². The molecule has 0 unspecified atom stereocenters. The second-order valence-electron chi connectivity index (χ2n) is 10.1. The van der Waals surface area contributed by atoms with E-state index in [1.165, 1.54) is 6.39 Å². The Labute approximate surface area is 204 Å². The number of benzene rings is 1. The summed E-state index contributed by atoms with van der Waals surface area (Å²) in [7, 11) is 0. The molecular weight excluding hydrogens is 446 g/mol. The molecule has 3 atom stereocenters. The van der Waals surface area contributed by atoms with Crippen LogP contribution in [-0.2, 0) is 15.1 Å². The molecule has 5 heterocycles. The van der Waals surface area contributed by atoms with E-state index in [4.69, 9.17) is 4.42 Å². The lowest BCUT2D eigenvalue weighted by Crippen LogP contribution is -2.56. The molecule has 0 radical (unpaired) electrons. The summed E-state index contributed by atoms with van der Waals surface area (Å²) < 4.78 is 5.35. The van der Waals surface area contributed by atoms with E-state index >= 15 is 0 Å². The van der Waals surface area contributed by atoms with E-state index in [0.717, 1.165) is 30.6 Å². The van der Waals surface area contributed by atoms with Crippen molar-refractivity contribution in [1.82, 2.24) is 20.1 Å². The van der Waals surface area contributed by atoms with Crippen molar-refractivity contribution >= 4 is 23.4 Å². The molecule has 2 bridgehead atoms. The maximum absolute atomic E-state index is 14.3. The third-order valence-electron chi connectivity index (χ3n) is 8.28. The van der Waals surface area contributed by atoms with Gasteiger partial charge in [-0.1, -0.05) is 18.2 Å². The SMILES string of the molecule is Cc1ncoc1C(=O)N1CCCNC(=O)[C@H]2C[C@@H]3CCCN3[C@@]23C(=O)N(CCC1)c1ccccc13. The monoisotopic (exact) mass is 477 g/mol. The molecule has 35 heavy (non-hydrogen) atoms. The first-order chi connectivity index (χ1) is 17.0. The van der Waals surface area contributed by atoms with Crippen molar-refractivity contribution in [3.63, 3.8) is 0 Å². The number of anilines is 1. The van der Waals surface area contributed by atoms with Crippen molar-refractivity contribution in [3.05, 3.63) is 47.7 Å². The number of hydrogen-bond donors (Lipinski definition) is 1. The van der Waals surface area contributed by atoms with E-state index in [2.05, 4.69) is 15.2 Å². The number of hydrogen-bond acceptors (Lipinski definition) is 6. The first-order valence-electron chi connectivity index (χ1n) is 12.7. The van der Waals surface area contributed by atoms with Crippen molar-refractivity contribution in [3.8, 4) is 0 Å². The molecule has 4 aliphatic heterocycles. The number of nitrogens with one attached hydrogen (secondary N) is 1. The molecule has 9 heteroatoms. The summed E-state index contributed by atoms with van der Waals surface area (Å²) in [5.74, 6) is -0.432. The van der Waals surface area contributed by atoms with E-state index in [9.17, 15) is 14.4 Å². The van der Waals surface area contributed by atoms with Crippen LogP contribution in [0.15, 0.2) is 35.1 Å². The van der Waals surface area contributed by atoms with E-state index in [-0.39, 0.29) is 29.5 Å². The fourth-order valence-electron chi connectivity index (χ4n) is 6.77. The summed E-state index contributed by atoms with van der Waals surface area (Å²) in [4.78, 5) is 51.0. The van der Waals surface area contributed by atoms with Crippen molar-refractivity contribution in [1.29, 1.82) is 0 Å². The van der Waals surface area contributed by atoms with Crippen molar-refractivity contribution in [2.45, 2.75) is 50.6 Å². The van der Waals surface area contributed by atoms with Crippen LogP contribution < -0.4 is 10.2 Å². The third-order valence-corrected chi connectivity index (χ3v) is 8.28. The van der Waals surface area contributed by atoms with Crippen LogP contribution in [0.4, 0.5) is 5.69 Å². The molecule has 0 saturated carbocycles. The van der Waals surface area contributed by atoms with Gasteiger partial charge in [-0.15, -0.1) is 0 Å². The Balaban J connectivity index is 1.36. The quantitative estimate of drug-likeness (QED) is 0.675. The minimum atomic E-state index is -0.928. The lowest BCUT2D eigenvalue weighted by Gasteiger charge is -2.37. The predicted octanol–water partition coefficient (Wildman–Crippen LogP) is 2.06. The average molecular weight is 478 g/mol. The van der Waals surface area contributed by atoms with Gasteiger partial charge < -0.3 is 19.5 Å². The molecule has 1 aromatic carbocycles. The predicted molar refractivity (Wildman–Crippen MR) is 128 cm³/mol. The second kappa shape index (κ2) is 8.48. The van der Waals surface area contributed by atoms with Gasteiger partial charge in [-0.25, -0.2) is 4.98 Å². The number of oxazole rings is 1. The van der Waals surface area contributed by atoms with Gasteiger partial charge in [0.15, 0.2) is 6.39 Å². The van der Waals surface area contributed by atoms with Crippen molar-refractivity contribution in [2.24, 2.45) is 5.92 Å². The zero-order valence-electron chi connectivity index (χ0n) is 20.0. The number of aromatic nitrogens is 1. The highest BCUT2D eigenvalue weighted by atomic mass is 16.3. The van der Waals surface area contributed by atoms with Gasteiger partial charge in [-0.3, -0.25) is 19.3 Å². The minimum absolute atomic E-state index is 0.00597. The first kappa shape index (κ1) is 22.3. The Morgan fingerprint density at radius 1 is 1.11 bits per heavy atom. The summed E-state index contributed by atoms with van der Waals surface area (Å²) in [6.45, 7) is 4.51. The lowest BCUT2D eigenvalue weighted by atomic mass is 9.78. The Bertz CT molecular complexity index is 1180. The van der Waals surface area contributed by atoms with Gasteiger partial charge in [0.2, 0.25) is 11.7 Å². The van der Waals surface area contributed by atoms with Gasteiger partial charge in [0.05, 0.1) is 11.6 Å². The third kappa shape index (κ3) is 3.24. The molecule has 3 saturated heterocycles. The van der Waals surface area contributed by atoms with Gasteiger partial charge in [0.25, 0.3) is 11.8 Å². The maximum Gasteiger partial charge on any atom is 0.291 e. The highest BCUT2D eigenvalue weighted by molar-refractivity contribution is 6.11. The molecule has 3 amide bonds. The highest BCUT2D eigenvalue weighted by Crippen LogP contribution is 2.57. The minimum Gasteiger partial charge on any atom is -0.438 e. The molecule has 4 aliphatic rings. The van der Waals surface area contributed by atoms with Crippen LogP contribution in [0.5, 0.6) is 0 Å². The van der Waals surface area contributed by atoms with E-state index in [1.807, 2.05) is 29.2 Å². The van der Waals surface area contributed by atoms with Crippen molar-refractivity contribution < 1.29 is 18.8 Å². The van der Waals surface area contributed by atoms with E-state index in [0.29, 0.717) is 51.1 Å². The topological polar surface area (TPSA) is 99.0 Å². The van der Waals surface area contributed by atoms with Crippen LogP contribution in [0.1, 0.15) is 53.9 Å². The van der Waals surface area contributed by atoms with Crippen LogP contribution in [0, 0.1) is 12.8 Å². The fourth-order valence-corrected chi connectivity index (χ4v) is 6.77. The van der Waals surface area contributed by atoms with Crippen LogP contribution in [0.2, 0.25) is 0 Å². The van der Waals surface area contributed by atoms with Crippen LogP contribution in [-0.4, -0.2) is 71.3 Å². The van der Waals surface area contributed by atoms with Crippen molar-refractivity contribution in [2.75, 3.05) is 37.6 Å². The van der Waals surface area contributed by atoms with Crippen LogP contribution in [0.25, 0.3) is 0 Å². The fraction of sp³-hybridized carbons (Fsp3) is 0.538. The van der Waals surface area contributed by atoms with Gasteiger partial charge in [-0.2, -0.15) is 0 Å². The summed E-state index contributed by atoms with van der Waals surface area (Å²) in [6, 6.07) is 8.21. The maximum atomic E-state index is 14.3. The molecule has 6 rings (SSSR count). The van der Waals surface area contributed by atoms with Gasteiger partial charge in [-0.05, 0) is 51.6 Å². The first-order valence-corrected chi connectivity index (χ1v) is 12.7. The number of aryl methyl sites for hydroxylation is 1. The summed E-state index contributed by atoms with van der Waals surface area (Å²) in [5.41, 5.74) is 1.48. The Hall–Kier alpha value is -3.20. The zero-order chi connectivity index (χ0) is 24.2. The Morgan fingerprint density at radius 3 is 2.77 bits per heavy atom. The molecule has 184 valence electrons. The summed E-state index contributed by atoms with van der Waals surface area (Å²) >= 11 is 0. The number of nitrogens with zero attached hydrogens (tertiary/aromatic N) is 4. The number of fused-ring (bicyclic) bond motifs is 4. The smallest absolute Gasteiger partial charge is 0.291 e. The zero-order valence-corrected chi connectivity index (χ0v) is 20.0. The number of rotatable bonds is 1. The number of para-hydroxylation sites is 1. The number of carbonyl (C=O) groups excluding carboxylic acids is 3. The van der Waals surface area contributed by atoms with Gasteiger partial charge in [0, 0.05) is 43.5 Å². The number of carbonyl (C=O) groups is 3. The van der Waals surface area contributed by atoms with Gasteiger partial charge >= 0.3 is 0 Å².